The summed E-state index contributed by atoms with van der Waals surface area (Å²) in [6.45, 7) is 3.37. The smallest absolute Gasteiger partial charge is 0.295 e. The number of nitro groups is 1. The van der Waals surface area contributed by atoms with E-state index in [0.29, 0.717) is 18.8 Å². The van der Waals surface area contributed by atoms with Crippen LogP contribution in [0.1, 0.15) is 31.6 Å². The van der Waals surface area contributed by atoms with Crippen LogP contribution >= 0.6 is 0 Å². The molecule has 0 bridgehead atoms. The Bertz CT molecular complexity index is 1060. The van der Waals surface area contributed by atoms with Gasteiger partial charge in [-0.2, -0.15) is 0 Å². The first-order valence-corrected chi connectivity index (χ1v) is 9.76. The number of fused-ring (bicyclic) bond motifs is 1. The molecule has 0 N–H and O–H groups in total. The monoisotopic (exact) mass is 398 g/mol. The molecule has 1 aliphatic heterocycles. The number of hydrogen-bond acceptors (Lipinski definition) is 5. The largest absolute Gasteiger partial charge is 0.494 e. The van der Waals surface area contributed by atoms with Gasteiger partial charge in [0.2, 0.25) is 0 Å². The van der Waals surface area contributed by atoms with Gasteiger partial charge in [0.05, 0.1) is 29.1 Å². The van der Waals surface area contributed by atoms with Crippen molar-refractivity contribution in [2.24, 2.45) is 0 Å². The number of aromatic nitrogens is 2. The molecule has 0 saturated carbocycles. The van der Waals surface area contributed by atoms with E-state index in [1.54, 1.807) is 0 Å². The number of para-hydroxylation sites is 2. The van der Waals surface area contributed by atoms with Gasteiger partial charge in [0.1, 0.15) is 11.5 Å². The number of imidazole rings is 1. The minimum absolute atomic E-state index is 0.0154. The van der Waals surface area contributed by atoms with E-state index in [0.717, 1.165) is 42.2 Å². The highest BCUT2D eigenvalue weighted by Crippen LogP contribution is 2.38. The Morgan fingerprint density at radius 2 is 2.00 bits per heavy atom. The zero-order chi connectivity index (χ0) is 20.5. The van der Waals surface area contributed by atoms with Gasteiger partial charge >= 0.3 is 0 Å². The van der Waals surface area contributed by atoms with Gasteiger partial charge in [-0.25, -0.2) is 9.37 Å². The number of aryl methyl sites for hydroxylation is 1. The highest BCUT2D eigenvalue weighted by atomic mass is 19.1. The van der Waals surface area contributed by atoms with Crippen LogP contribution in [0.4, 0.5) is 15.8 Å². The quantitative estimate of drug-likeness (QED) is 0.467. The second-order valence-corrected chi connectivity index (χ2v) is 7.19. The topological polar surface area (TPSA) is 73.4 Å². The number of nitro benzene ring substituents is 1. The number of rotatable bonds is 5. The van der Waals surface area contributed by atoms with E-state index in [-0.39, 0.29) is 17.5 Å². The van der Waals surface area contributed by atoms with Crippen molar-refractivity contribution in [2.75, 3.05) is 25.1 Å². The molecule has 0 unspecified atom stereocenters. The average molecular weight is 398 g/mol. The molecule has 1 aliphatic rings. The Hall–Kier alpha value is -3.16. The van der Waals surface area contributed by atoms with Crippen LogP contribution in [-0.2, 0) is 6.42 Å². The van der Waals surface area contributed by atoms with Gasteiger partial charge in [0.25, 0.3) is 5.69 Å². The second kappa shape index (κ2) is 7.69. The molecule has 152 valence electrons. The summed E-state index contributed by atoms with van der Waals surface area (Å²) in [6.07, 6.45) is 2.49. The maximum atomic E-state index is 14.0. The maximum absolute atomic E-state index is 14.0. The first kappa shape index (κ1) is 19.2. The summed E-state index contributed by atoms with van der Waals surface area (Å²) in [5, 5.41) is 11.5. The first-order chi connectivity index (χ1) is 14.0. The molecule has 1 saturated heterocycles. The number of piperidine rings is 1. The van der Waals surface area contributed by atoms with Crippen molar-refractivity contribution in [1.82, 2.24) is 9.55 Å². The van der Waals surface area contributed by atoms with E-state index < -0.39 is 10.7 Å². The number of nitrogens with zero attached hydrogens (tertiary/aromatic N) is 4. The third-order valence-corrected chi connectivity index (χ3v) is 5.60. The van der Waals surface area contributed by atoms with Crippen molar-refractivity contribution in [1.29, 1.82) is 0 Å². The van der Waals surface area contributed by atoms with Crippen LogP contribution in [0.25, 0.3) is 11.0 Å². The molecule has 0 spiro atoms. The molecule has 4 rings (SSSR count). The molecule has 8 heteroatoms. The maximum Gasteiger partial charge on any atom is 0.295 e. The summed E-state index contributed by atoms with van der Waals surface area (Å²) in [4.78, 5) is 17.6. The predicted molar refractivity (Wildman–Crippen MR) is 109 cm³/mol. The third-order valence-electron chi connectivity index (χ3n) is 5.60. The van der Waals surface area contributed by atoms with Gasteiger partial charge in [-0.3, -0.25) is 10.1 Å². The summed E-state index contributed by atoms with van der Waals surface area (Å²) in [6, 6.07) is 10.8. The molecule has 2 aromatic carbocycles. The molecular formula is C21H23FN4O3. The van der Waals surface area contributed by atoms with Crippen LogP contribution in [0.2, 0.25) is 0 Å². The molecule has 1 fully saturated rings. The Kier molecular flexibility index (Phi) is 5.08. The standard InChI is InChI=1S/C21H23FN4O3/c1-3-21-23-16-6-4-5-7-17(16)25(21)14-8-10-24(11-9-14)18-13-20(29-2)15(22)12-19(18)26(27)28/h4-7,12-14H,3,8-11H2,1-2H3. The van der Waals surface area contributed by atoms with Crippen molar-refractivity contribution in [3.8, 4) is 5.75 Å². The van der Waals surface area contributed by atoms with Crippen LogP contribution in [-0.4, -0.2) is 34.7 Å². The summed E-state index contributed by atoms with van der Waals surface area (Å²) in [5.74, 6) is 0.344. The van der Waals surface area contributed by atoms with Crippen LogP contribution in [0, 0.1) is 15.9 Å². The molecule has 29 heavy (non-hydrogen) atoms. The van der Waals surface area contributed by atoms with Gasteiger partial charge in [-0.05, 0) is 25.0 Å². The number of halogens is 1. The van der Waals surface area contributed by atoms with E-state index in [1.807, 2.05) is 23.1 Å². The average Bonchev–Trinajstić information content (AvgIpc) is 3.12. The zero-order valence-corrected chi connectivity index (χ0v) is 16.5. The molecule has 0 aliphatic carbocycles. The SMILES string of the molecule is CCc1nc2ccccc2n1C1CCN(c2cc(OC)c(F)cc2[N+](=O)[O-])CC1. The predicted octanol–water partition coefficient (Wildman–Crippen LogP) is 4.50. The normalized spacial score (nSPS) is 15.1. The van der Waals surface area contributed by atoms with Crippen molar-refractivity contribution in [2.45, 2.75) is 32.2 Å². The minimum atomic E-state index is -0.727. The van der Waals surface area contributed by atoms with Gasteiger partial charge in [-0.15, -0.1) is 0 Å². The third kappa shape index (κ3) is 3.39. The lowest BCUT2D eigenvalue weighted by Gasteiger charge is -2.34. The van der Waals surface area contributed by atoms with Gasteiger partial charge in [0, 0.05) is 31.6 Å². The fourth-order valence-corrected chi connectivity index (χ4v) is 4.20. The van der Waals surface area contributed by atoms with Crippen molar-refractivity contribution in [3.63, 3.8) is 0 Å². The van der Waals surface area contributed by atoms with Crippen LogP contribution in [0.3, 0.4) is 0 Å². The Morgan fingerprint density at radius 3 is 2.66 bits per heavy atom. The van der Waals surface area contributed by atoms with Gasteiger partial charge in [-0.1, -0.05) is 19.1 Å². The van der Waals surface area contributed by atoms with Crippen molar-refractivity contribution < 1.29 is 14.1 Å². The van der Waals surface area contributed by atoms with Crippen LogP contribution in [0.15, 0.2) is 36.4 Å². The molecule has 0 amide bonds. The minimum Gasteiger partial charge on any atom is -0.494 e. The number of ether oxygens (including phenoxy) is 1. The highest BCUT2D eigenvalue weighted by molar-refractivity contribution is 5.76. The molecule has 2 heterocycles. The lowest BCUT2D eigenvalue weighted by atomic mass is 10.0. The number of methoxy groups -OCH3 is 1. The summed E-state index contributed by atoms with van der Waals surface area (Å²) < 4.78 is 21.3. The lowest BCUT2D eigenvalue weighted by molar-refractivity contribution is -0.384. The molecular weight excluding hydrogens is 375 g/mol. The highest BCUT2D eigenvalue weighted by Gasteiger charge is 2.29. The molecule has 3 aromatic rings. The first-order valence-electron chi connectivity index (χ1n) is 9.76. The van der Waals surface area contributed by atoms with E-state index in [9.17, 15) is 14.5 Å². The van der Waals surface area contributed by atoms with Crippen LogP contribution in [0.5, 0.6) is 5.75 Å². The van der Waals surface area contributed by atoms with Gasteiger partial charge < -0.3 is 14.2 Å². The fourth-order valence-electron chi connectivity index (χ4n) is 4.20. The van der Waals surface area contributed by atoms with E-state index >= 15 is 0 Å². The number of hydrogen-bond donors (Lipinski definition) is 0. The number of benzene rings is 2. The van der Waals surface area contributed by atoms with Crippen LogP contribution < -0.4 is 9.64 Å². The van der Waals surface area contributed by atoms with E-state index in [1.165, 1.54) is 13.2 Å². The van der Waals surface area contributed by atoms with Crippen molar-refractivity contribution >= 4 is 22.4 Å². The number of anilines is 1. The molecule has 1 aromatic heterocycles. The fraction of sp³-hybridized carbons (Fsp3) is 0.381. The molecule has 7 nitrogen and oxygen atoms in total. The second-order valence-electron chi connectivity index (χ2n) is 7.19. The van der Waals surface area contributed by atoms with E-state index in [2.05, 4.69) is 17.6 Å². The molecule has 0 atom stereocenters. The summed E-state index contributed by atoms with van der Waals surface area (Å²) >= 11 is 0. The summed E-state index contributed by atoms with van der Waals surface area (Å²) in [5.41, 5.74) is 2.28. The Labute approximate surface area is 167 Å². The van der Waals surface area contributed by atoms with Gasteiger partial charge in [0.15, 0.2) is 11.6 Å². The summed E-state index contributed by atoms with van der Waals surface area (Å²) in [7, 11) is 1.36. The lowest BCUT2D eigenvalue weighted by Crippen LogP contribution is -2.35. The zero-order valence-electron chi connectivity index (χ0n) is 16.5. The molecule has 0 radical (unpaired) electrons. The Morgan fingerprint density at radius 1 is 1.28 bits per heavy atom. The van der Waals surface area contributed by atoms with E-state index in [4.69, 9.17) is 9.72 Å². The van der Waals surface area contributed by atoms with Crippen molar-refractivity contribution in [3.05, 3.63) is 58.2 Å². The Balaban J connectivity index is 1.62.